The lowest BCUT2D eigenvalue weighted by Crippen LogP contribution is -2.26. The maximum absolute atomic E-state index is 13.9. The molecular weight excluding hydrogens is 511 g/mol. The van der Waals surface area contributed by atoms with Gasteiger partial charge in [-0.2, -0.15) is 10.4 Å². The monoisotopic (exact) mass is 534 g/mol. The molecule has 1 aliphatic rings. The Morgan fingerprint density at radius 2 is 1.77 bits per heavy atom. The van der Waals surface area contributed by atoms with Crippen molar-refractivity contribution in [3.8, 4) is 22.9 Å². The molecule has 198 valence electrons. The van der Waals surface area contributed by atoms with Gasteiger partial charge in [0.1, 0.15) is 11.6 Å². The van der Waals surface area contributed by atoms with Crippen LogP contribution >= 0.6 is 0 Å². The summed E-state index contributed by atoms with van der Waals surface area (Å²) < 4.78 is 13.9. The van der Waals surface area contributed by atoms with Crippen molar-refractivity contribution in [2.45, 2.75) is 19.8 Å². The predicted octanol–water partition coefficient (Wildman–Crippen LogP) is 6.39. The fourth-order valence-electron chi connectivity index (χ4n) is 4.53. The van der Waals surface area contributed by atoms with Gasteiger partial charge in [-0.05, 0) is 65.6 Å². The molecule has 0 spiro atoms. The van der Waals surface area contributed by atoms with E-state index >= 15 is 0 Å². The molecule has 0 fully saturated rings. The van der Waals surface area contributed by atoms with Crippen molar-refractivity contribution in [2.75, 3.05) is 10.3 Å². The van der Waals surface area contributed by atoms with Crippen LogP contribution in [0.25, 0.3) is 11.1 Å². The number of hydrogen-bond acceptors (Lipinski definition) is 6. The van der Waals surface area contributed by atoms with E-state index in [-0.39, 0.29) is 28.3 Å². The van der Waals surface area contributed by atoms with E-state index in [0.29, 0.717) is 28.4 Å². The van der Waals surface area contributed by atoms with Gasteiger partial charge in [0, 0.05) is 16.8 Å². The van der Waals surface area contributed by atoms with Crippen molar-refractivity contribution < 1.29 is 24.2 Å². The number of fused-ring (bicyclic) bond motifs is 1. The van der Waals surface area contributed by atoms with E-state index in [2.05, 4.69) is 30.4 Å². The third-order valence-electron chi connectivity index (χ3n) is 6.68. The fraction of sp³-hybridized carbons (Fsp3) is 0.0968. The number of anilines is 3. The number of aromatic hydroxyl groups is 1. The van der Waals surface area contributed by atoms with Crippen LogP contribution in [0.3, 0.4) is 0 Å². The van der Waals surface area contributed by atoms with Gasteiger partial charge in [-0.25, -0.2) is 9.18 Å². The maximum Gasteiger partial charge on any atom is 0.338 e. The first-order valence-electron chi connectivity index (χ1n) is 12.4. The number of hydrogen-bond donors (Lipinski definition) is 3. The fourth-order valence-corrected chi connectivity index (χ4v) is 4.53. The molecule has 5 rings (SSSR count). The molecule has 1 aliphatic heterocycles. The van der Waals surface area contributed by atoms with Crippen molar-refractivity contribution in [1.29, 1.82) is 5.26 Å². The Labute approximate surface area is 229 Å². The molecule has 0 aromatic heterocycles. The van der Waals surface area contributed by atoms with Crippen molar-refractivity contribution >= 4 is 34.7 Å². The van der Waals surface area contributed by atoms with Crippen LogP contribution in [0.5, 0.6) is 5.75 Å². The molecule has 0 atom stereocenters. The van der Waals surface area contributed by atoms with Crippen LogP contribution in [0.1, 0.15) is 46.8 Å². The summed E-state index contributed by atoms with van der Waals surface area (Å²) in [6, 6.07) is 22.7. The molecule has 0 bridgehead atoms. The summed E-state index contributed by atoms with van der Waals surface area (Å²) in [5.41, 5.74) is 6.10. The molecule has 9 heteroatoms. The van der Waals surface area contributed by atoms with Gasteiger partial charge in [0.25, 0.3) is 5.91 Å². The summed E-state index contributed by atoms with van der Waals surface area (Å²) in [6.45, 7) is 4.15. The molecule has 0 radical (unpaired) electrons. The van der Waals surface area contributed by atoms with E-state index in [9.17, 15) is 29.5 Å². The first kappa shape index (κ1) is 26.1. The zero-order valence-electron chi connectivity index (χ0n) is 21.5. The SMILES string of the molecule is CC(C)c1ccc(N2C(=O)C(=NNc3cccc(-c4ccc(F)c(C(=O)O)c4)c3O)c3ccc(C#N)cc32)cc1. The van der Waals surface area contributed by atoms with Crippen molar-refractivity contribution in [2.24, 2.45) is 5.10 Å². The van der Waals surface area contributed by atoms with Gasteiger partial charge in [0.15, 0.2) is 5.71 Å². The highest BCUT2D eigenvalue weighted by Gasteiger charge is 2.35. The number of carboxylic acid groups (broad SMARTS) is 1. The summed E-state index contributed by atoms with van der Waals surface area (Å²) in [6.07, 6.45) is 0. The zero-order chi connectivity index (χ0) is 28.6. The van der Waals surface area contributed by atoms with E-state index in [1.54, 1.807) is 30.3 Å². The van der Waals surface area contributed by atoms with Gasteiger partial charge < -0.3 is 10.2 Å². The Morgan fingerprint density at radius 1 is 1.02 bits per heavy atom. The Kier molecular flexibility index (Phi) is 6.76. The zero-order valence-corrected chi connectivity index (χ0v) is 21.5. The number of nitriles is 1. The van der Waals surface area contributed by atoms with Crippen LogP contribution in [0.15, 0.2) is 84.0 Å². The summed E-state index contributed by atoms with van der Waals surface area (Å²) in [5, 5.41) is 34.0. The highest BCUT2D eigenvalue weighted by atomic mass is 19.1. The molecule has 0 unspecified atom stereocenters. The first-order valence-corrected chi connectivity index (χ1v) is 12.4. The highest BCUT2D eigenvalue weighted by molar-refractivity contribution is 6.55. The largest absolute Gasteiger partial charge is 0.505 e. The second-order valence-electron chi connectivity index (χ2n) is 9.50. The quantitative estimate of drug-likeness (QED) is 0.194. The summed E-state index contributed by atoms with van der Waals surface area (Å²) in [4.78, 5) is 26.5. The molecule has 40 heavy (non-hydrogen) atoms. The smallest absolute Gasteiger partial charge is 0.338 e. The number of carbonyl (C=O) groups is 2. The number of carbonyl (C=O) groups excluding carboxylic acids is 1. The molecule has 1 heterocycles. The van der Waals surface area contributed by atoms with Crippen LogP contribution in [-0.2, 0) is 4.79 Å². The number of rotatable bonds is 6. The molecule has 4 aromatic rings. The summed E-state index contributed by atoms with van der Waals surface area (Å²) in [7, 11) is 0. The van der Waals surface area contributed by atoms with E-state index in [4.69, 9.17) is 0 Å². The van der Waals surface area contributed by atoms with Crippen LogP contribution in [0.2, 0.25) is 0 Å². The second kappa shape index (κ2) is 10.3. The average molecular weight is 535 g/mol. The lowest BCUT2D eigenvalue weighted by Gasteiger charge is -2.18. The second-order valence-corrected chi connectivity index (χ2v) is 9.50. The third-order valence-corrected chi connectivity index (χ3v) is 6.68. The number of hydrazone groups is 1. The minimum Gasteiger partial charge on any atom is -0.505 e. The number of amides is 1. The Bertz CT molecular complexity index is 1740. The van der Waals surface area contributed by atoms with Crippen LogP contribution in [0, 0.1) is 17.1 Å². The number of halogens is 1. The van der Waals surface area contributed by atoms with Gasteiger partial charge in [0.2, 0.25) is 0 Å². The van der Waals surface area contributed by atoms with Gasteiger partial charge in [-0.15, -0.1) is 0 Å². The van der Waals surface area contributed by atoms with E-state index in [1.807, 2.05) is 24.3 Å². The van der Waals surface area contributed by atoms with E-state index in [0.717, 1.165) is 17.7 Å². The minimum atomic E-state index is -1.43. The van der Waals surface area contributed by atoms with Gasteiger partial charge in [0.05, 0.1) is 28.6 Å². The van der Waals surface area contributed by atoms with E-state index < -0.39 is 23.3 Å². The predicted molar refractivity (Wildman–Crippen MR) is 149 cm³/mol. The lowest BCUT2D eigenvalue weighted by molar-refractivity contribution is -0.111. The number of phenolic OH excluding ortho intramolecular Hbond substituents is 1. The Hall–Kier alpha value is -5.49. The molecule has 4 aromatic carbocycles. The van der Waals surface area contributed by atoms with Crippen molar-refractivity contribution in [3.63, 3.8) is 0 Å². The molecule has 0 saturated carbocycles. The number of benzene rings is 4. The molecular formula is C31H23FN4O4. The topological polar surface area (TPSA) is 126 Å². The van der Waals surface area contributed by atoms with Gasteiger partial charge in [-0.3, -0.25) is 15.1 Å². The van der Waals surface area contributed by atoms with Crippen LogP contribution in [0.4, 0.5) is 21.5 Å². The van der Waals surface area contributed by atoms with Crippen molar-refractivity contribution in [3.05, 3.63) is 107 Å². The van der Waals surface area contributed by atoms with Crippen molar-refractivity contribution in [1.82, 2.24) is 0 Å². The molecule has 0 aliphatic carbocycles. The molecule has 1 amide bonds. The van der Waals surface area contributed by atoms with Crippen LogP contribution in [-0.4, -0.2) is 27.8 Å². The Morgan fingerprint density at radius 3 is 2.45 bits per heavy atom. The number of para-hydroxylation sites is 1. The Balaban J connectivity index is 1.53. The number of aromatic carboxylic acids is 1. The van der Waals surface area contributed by atoms with Gasteiger partial charge in [-0.1, -0.05) is 44.2 Å². The molecule has 3 N–H and O–H groups in total. The molecule has 8 nitrogen and oxygen atoms in total. The summed E-state index contributed by atoms with van der Waals surface area (Å²) >= 11 is 0. The average Bonchev–Trinajstić information content (AvgIpc) is 3.22. The summed E-state index contributed by atoms with van der Waals surface area (Å²) in [5.74, 6) is -2.69. The standard InChI is InChI=1S/C31H23FN4O4/c1-17(2)19-7-10-21(11-8-19)36-27-14-18(16-33)6-12-23(27)28(30(36)38)35-34-26-5-3-4-22(29(26)37)20-9-13-25(32)24(15-20)31(39)40/h3-15,17,34,37H,1-2H3,(H,39,40). The third kappa shape index (κ3) is 4.63. The van der Waals surface area contributed by atoms with E-state index in [1.165, 1.54) is 17.0 Å². The number of nitrogens with one attached hydrogen (secondary N) is 1. The lowest BCUT2D eigenvalue weighted by atomic mass is 10.0. The highest BCUT2D eigenvalue weighted by Crippen LogP contribution is 2.39. The maximum atomic E-state index is 13.9. The van der Waals surface area contributed by atoms with Gasteiger partial charge >= 0.3 is 5.97 Å². The number of nitrogens with zero attached hydrogens (tertiary/aromatic N) is 3. The number of phenols is 1. The first-order chi connectivity index (χ1) is 19.2. The minimum absolute atomic E-state index is 0.0761. The normalized spacial score (nSPS) is 13.4. The number of carboxylic acids is 1. The molecule has 0 saturated heterocycles. The van der Waals surface area contributed by atoms with Crippen LogP contribution < -0.4 is 10.3 Å².